The highest BCUT2D eigenvalue weighted by atomic mass is 16.2. The number of benzene rings is 1. The van der Waals surface area contributed by atoms with Crippen molar-refractivity contribution in [2.45, 2.75) is 116 Å². The monoisotopic (exact) mass is 645 g/mol. The Morgan fingerprint density at radius 1 is 0.851 bits per heavy atom. The van der Waals surface area contributed by atoms with Crippen LogP contribution in [0.3, 0.4) is 0 Å². The van der Waals surface area contributed by atoms with E-state index in [-0.39, 0.29) is 47.7 Å². The fraction of sp³-hybridized carbons (Fsp3) is 0.629. The molecule has 1 aromatic carbocycles. The quantitative estimate of drug-likeness (QED) is 0.280. The Bertz CT molecular complexity index is 1360. The molecule has 2 aromatic rings. The molecule has 3 amide bonds. The number of aromatic nitrogens is 3. The standard InChI is InChI=1S/C22H28N6O2.C13H23N3O/c1-15(2)11-17(12-23)26-22(30)19-5-3-4-6-20(19)27-21(29)16-7-9-18(10-8-16)28-14-24-13-25-28;1-9(2)7-10(8-14)16-13(17)11-5-3-4-6-12(11)15/h7-10,13-15,17,19-20H,3-6,11H2,1-2H3,(H,26,30)(H,27,29);9-12H,3-7,15H2,1-2H3,(H,16,17)/t17-,19+,20-;10-,11+,12-/m00/s1. The third kappa shape index (κ3) is 11.8. The number of hydrogen-bond acceptors (Lipinski definition) is 8. The number of carbonyl (C=O) groups excluding carboxylic acids is 3. The molecule has 2 saturated carbocycles. The van der Waals surface area contributed by atoms with Crippen molar-refractivity contribution in [2.24, 2.45) is 29.4 Å². The average Bonchev–Trinajstić information content (AvgIpc) is 3.60. The van der Waals surface area contributed by atoms with Gasteiger partial charge in [0.2, 0.25) is 11.8 Å². The topological polar surface area (TPSA) is 192 Å². The third-order valence-electron chi connectivity index (χ3n) is 8.75. The second-order valence-electron chi connectivity index (χ2n) is 13.6. The Hall–Kier alpha value is -4.29. The van der Waals surface area contributed by atoms with Crippen molar-refractivity contribution in [1.29, 1.82) is 10.5 Å². The number of hydrogen-bond donors (Lipinski definition) is 4. The first-order valence-electron chi connectivity index (χ1n) is 16.9. The van der Waals surface area contributed by atoms with Crippen LogP contribution in [0.2, 0.25) is 0 Å². The molecule has 0 spiro atoms. The molecule has 2 aliphatic rings. The van der Waals surface area contributed by atoms with Gasteiger partial charge in [0.05, 0.1) is 29.7 Å². The first kappa shape index (κ1) is 37.2. The van der Waals surface area contributed by atoms with Crippen LogP contribution in [-0.2, 0) is 9.59 Å². The van der Waals surface area contributed by atoms with Crippen LogP contribution in [-0.4, -0.2) is 56.7 Å². The normalized spacial score (nSPS) is 22.1. The average molecular weight is 646 g/mol. The molecule has 0 unspecified atom stereocenters. The minimum absolute atomic E-state index is 0.0376. The summed E-state index contributed by atoms with van der Waals surface area (Å²) < 4.78 is 1.62. The molecule has 0 aliphatic heterocycles. The number of nitrogens with one attached hydrogen (secondary N) is 3. The van der Waals surface area contributed by atoms with Gasteiger partial charge in [-0.2, -0.15) is 15.6 Å². The molecular weight excluding hydrogens is 594 g/mol. The molecule has 0 saturated heterocycles. The molecule has 1 heterocycles. The fourth-order valence-electron chi connectivity index (χ4n) is 6.25. The lowest BCUT2D eigenvalue weighted by Crippen LogP contribution is -2.50. The van der Waals surface area contributed by atoms with E-state index in [9.17, 15) is 19.6 Å². The molecule has 1 aromatic heterocycles. The van der Waals surface area contributed by atoms with Crippen molar-refractivity contribution in [3.8, 4) is 17.8 Å². The van der Waals surface area contributed by atoms with Crippen LogP contribution in [0.4, 0.5) is 0 Å². The molecule has 47 heavy (non-hydrogen) atoms. The van der Waals surface area contributed by atoms with E-state index >= 15 is 0 Å². The lowest BCUT2D eigenvalue weighted by Gasteiger charge is -2.32. The Kier molecular flexibility index (Phi) is 14.8. The van der Waals surface area contributed by atoms with Crippen LogP contribution < -0.4 is 21.7 Å². The van der Waals surface area contributed by atoms with Crippen molar-refractivity contribution in [2.75, 3.05) is 0 Å². The van der Waals surface area contributed by atoms with Crippen molar-refractivity contribution in [1.82, 2.24) is 30.7 Å². The van der Waals surface area contributed by atoms with E-state index < -0.39 is 6.04 Å². The van der Waals surface area contributed by atoms with Crippen molar-refractivity contribution >= 4 is 17.7 Å². The summed E-state index contributed by atoms with van der Waals surface area (Å²) in [6.45, 7) is 8.13. The Morgan fingerprint density at radius 3 is 1.89 bits per heavy atom. The van der Waals surface area contributed by atoms with Gasteiger partial charge in [-0.05, 0) is 74.6 Å². The summed E-state index contributed by atoms with van der Waals surface area (Å²) in [4.78, 5) is 41.5. The maximum absolute atomic E-state index is 12.8. The maximum atomic E-state index is 12.8. The van der Waals surface area contributed by atoms with Gasteiger partial charge in [0.25, 0.3) is 5.91 Å². The van der Waals surface area contributed by atoms with E-state index in [0.29, 0.717) is 36.7 Å². The van der Waals surface area contributed by atoms with Crippen molar-refractivity contribution in [3.05, 3.63) is 42.5 Å². The van der Waals surface area contributed by atoms with E-state index in [2.05, 4.69) is 38.2 Å². The number of nitriles is 2. The summed E-state index contributed by atoms with van der Waals surface area (Å²) in [6.07, 6.45) is 11.7. The fourth-order valence-corrected chi connectivity index (χ4v) is 6.25. The maximum Gasteiger partial charge on any atom is 0.251 e. The highest BCUT2D eigenvalue weighted by Gasteiger charge is 2.33. The number of rotatable bonds is 11. The lowest BCUT2D eigenvalue weighted by atomic mass is 9.83. The van der Waals surface area contributed by atoms with Gasteiger partial charge in [0.15, 0.2) is 0 Å². The van der Waals surface area contributed by atoms with Crippen LogP contribution in [0.5, 0.6) is 0 Å². The minimum Gasteiger partial charge on any atom is -0.349 e. The van der Waals surface area contributed by atoms with Gasteiger partial charge in [-0.3, -0.25) is 14.4 Å². The van der Waals surface area contributed by atoms with E-state index in [1.807, 2.05) is 27.7 Å². The molecule has 6 atom stereocenters. The molecule has 4 rings (SSSR count). The number of amides is 3. The van der Waals surface area contributed by atoms with E-state index in [4.69, 9.17) is 11.0 Å². The second kappa shape index (κ2) is 18.8. The predicted molar refractivity (Wildman–Crippen MR) is 179 cm³/mol. The molecule has 2 fully saturated rings. The summed E-state index contributed by atoms with van der Waals surface area (Å²) in [5.41, 5.74) is 7.29. The summed E-state index contributed by atoms with van der Waals surface area (Å²) in [5, 5.41) is 31.1. The highest BCUT2D eigenvalue weighted by molar-refractivity contribution is 5.95. The second-order valence-corrected chi connectivity index (χ2v) is 13.6. The van der Waals surface area contributed by atoms with Crippen LogP contribution in [0.15, 0.2) is 36.9 Å². The molecule has 0 radical (unpaired) electrons. The molecule has 12 nitrogen and oxygen atoms in total. The zero-order chi connectivity index (χ0) is 34.3. The van der Waals surface area contributed by atoms with Gasteiger partial charge < -0.3 is 21.7 Å². The molecule has 0 bridgehead atoms. The van der Waals surface area contributed by atoms with Crippen LogP contribution in [0, 0.1) is 46.3 Å². The SMILES string of the molecule is CC(C)C[C@@H](C#N)NC(=O)[C@@H]1CCCC[C@@H]1N.CC(C)C[C@@H](C#N)NC(=O)[C@@H]1CCCC[C@@H]1NC(=O)c1ccc(-n2cncn2)cc1. The molecule has 5 N–H and O–H groups in total. The van der Waals surface area contributed by atoms with E-state index in [1.54, 1.807) is 35.3 Å². The largest absolute Gasteiger partial charge is 0.349 e. The van der Waals surface area contributed by atoms with Crippen molar-refractivity contribution in [3.63, 3.8) is 0 Å². The molecular formula is C35H51N9O3. The van der Waals surface area contributed by atoms with Crippen molar-refractivity contribution < 1.29 is 14.4 Å². The third-order valence-corrected chi connectivity index (χ3v) is 8.75. The molecule has 254 valence electrons. The van der Waals surface area contributed by atoms with Crippen LogP contribution >= 0.6 is 0 Å². The summed E-state index contributed by atoms with van der Waals surface area (Å²) in [5.74, 6) is -0.0915. The van der Waals surface area contributed by atoms with Crippen LogP contribution in [0.1, 0.15) is 102 Å². The minimum atomic E-state index is -0.500. The summed E-state index contributed by atoms with van der Waals surface area (Å²) >= 11 is 0. The van der Waals surface area contributed by atoms with Gasteiger partial charge in [-0.25, -0.2) is 9.67 Å². The first-order valence-corrected chi connectivity index (χ1v) is 16.9. The highest BCUT2D eigenvalue weighted by Crippen LogP contribution is 2.26. The number of nitrogens with zero attached hydrogens (tertiary/aromatic N) is 5. The Morgan fingerprint density at radius 2 is 1.38 bits per heavy atom. The smallest absolute Gasteiger partial charge is 0.251 e. The van der Waals surface area contributed by atoms with Gasteiger partial charge in [0, 0.05) is 17.6 Å². The predicted octanol–water partition coefficient (Wildman–Crippen LogP) is 4.17. The van der Waals surface area contributed by atoms with E-state index in [1.165, 1.54) is 6.33 Å². The summed E-state index contributed by atoms with van der Waals surface area (Å²) in [6, 6.07) is 10.2. The number of carbonyl (C=O) groups is 3. The Labute approximate surface area is 278 Å². The summed E-state index contributed by atoms with van der Waals surface area (Å²) in [7, 11) is 0. The van der Waals surface area contributed by atoms with Gasteiger partial charge >= 0.3 is 0 Å². The van der Waals surface area contributed by atoms with Gasteiger partial charge in [0.1, 0.15) is 24.7 Å². The number of nitrogens with two attached hydrogens (primary N) is 1. The zero-order valence-electron chi connectivity index (χ0n) is 28.2. The molecule has 12 heteroatoms. The van der Waals surface area contributed by atoms with Crippen LogP contribution in [0.25, 0.3) is 5.69 Å². The zero-order valence-corrected chi connectivity index (χ0v) is 28.2. The van der Waals surface area contributed by atoms with Gasteiger partial charge in [-0.15, -0.1) is 0 Å². The lowest BCUT2D eigenvalue weighted by molar-refractivity contribution is -0.127. The molecule has 2 aliphatic carbocycles. The Balaban J connectivity index is 0.000000300. The first-order chi connectivity index (χ1) is 22.5. The van der Waals surface area contributed by atoms with Gasteiger partial charge in [-0.1, -0.05) is 53.4 Å². The van der Waals surface area contributed by atoms with E-state index in [0.717, 1.165) is 50.6 Å².